The molecule has 0 fully saturated rings. The standard InChI is InChI=1S/C15H22O2S/c1-7-17-14(16)15(5,6)18-13-9-8-10(2)11(3)12(13)4/h8-9H,7H2,1-6H3. The van der Waals surface area contributed by atoms with Crippen molar-refractivity contribution < 1.29 is 9.53 Å². The molecule has 0 spiro atoms. The molecule has 0 aliphatic heterocycles. The maximum Gasteiger partial charge on any atom is 0.321 e. The van der Waals surface area contributed by atoms with Gasteiger partial charge in [-0.25, -0.2) is 0 Å². The van der Waals surface area contributed by atoms with Crippen LogP contribution in [-0.2, 0) is 9.53 Å². The molecule has 3 heteroatoms. The van der Waals surface area contributed by atoms with Gasteiger partial charge in [0.25, 0.3) is 0 Å². The second kappa shape index (κ2) is 5.79. The summed E-state index contributed by atoms with van der Waals surface area (Å²) in [5, 5.41) is 0. The number of esters is 1. The van der Waals surface area contributed by atoms with Gasteiger partial charge in [0, 0.05) is 4.90 Å². The number of carbonyl (C=O) groups is 1. The van der Waals surface area contributed by atoms with Crippen LogP contribution in [0.1, 0.15) is 37.5 Å². The van der Waals surface area contributed by atoms with E-state index < -0.39 is 4.75 Å². The van der Waals surface area contributed by atoms with Gasteiger partial charge in [-0.3, -0.25) is 4.79 Å². The summed E-state index contributed by atoms with van der Waals surface area (Å²) in [5.74, 6) is -0.160. The van der Waals surface area contributed by atoms with E-state index in [2.05, 4.69) is 32.9 Å². The molecular weight excluding hydrogens is 244 g/mol. The lowest BCUT2D eigenvalue weighted by Gasteiger charge is -2.23. The number of thioether (sulfide) groups is 1. The van der Waals surface area contributed by atoms with E-state index in [1.54, 1.807) is 11.8 Å². The maximum absolute atomic E-state index is 11.9. The summed E-state index contributed by atoms with van der Waals surface area (Å²) < 4.78 is 4.56. The van der Waals surface area contributed by atoms with Crippen LogP contribution < -0.4 is 0 Å². The van der Waals surface area contributed by atoms with Crippen LogP contribution in [0.25, 0.3) is 0 Å². The third-order valence-corrected chi connectivity index (χ3v) is 4.48. The van der Waals surface area contributed by atoms with Crippen LogP contribution in [-0.4, -0.2) is 17.3 Å². The molecule has 0 saturated heterocycles. The molecule has 0 N–H and O–H groups in total. The van der Waals surface area contributed by atoms with Gasteiger partial charge in [0.15, 0.2) is 0 Å². The highest BCUT2D eigenvalue weighted by atomic mass is 32.2. The van der Waals surface area contributed by atoms with E-state index in [1.807, 2.05) is 20.8 Å². The fraction of sp³-hybridized carbons (Fsp3) is 0.533. The van der Waals surface area contributed by atoms with Crippen LogP contribution in [0.3, 0.4) is 0 Å². The van der Waals surface area contributed by atoms with Gasteiger partial charge in [-0.1, -0.05) is 6.07 Å². The van der Waals surface area contributed by atoms with Crippen LogP contribution in [0.15, 0.2) is 17.0 Å². The Bertz CT molecular complexity index is 450. The van der Waals surface area contributed by atoms with Gasteiger partial charge in [0.1, 0.15) is 4.75 Å². The summed E-state index contributed by atoms with van der Waals surface area (Å²) >= 11 is 1.57. The van der Waals surface area contributed by atoms with Crippen LogP contribution >= 0.6 is 11.8 Å². The minimum atomic E-state index is -0.553. The van der Waals surface area contributed by atoms with Crippen molar-refractivity contribution in [3.8, 4) is 0 Å². The van der Waals surface area contributed by atoms with Crippen molar-refractivity contribution in [2.24, 2.45) is 0 Å². The highest BCUT2D eigenvalue weighted by Crippen LogP contribution is 2.36. The van der Waals surface area contributed by atoms with E-state index >= 15 is 0 Å². The van der Waals surface area contributed by atoms with Crippen molar-refractivity contribution in [3.63, 3.8) is 0 Å². The van der Waals surface area contributed by atoms with Crippen molar-refractivity contribution in [3.05, 3.63) is 28.8 Å². The van der Waals surface area contributed by atoms with Crippen molar-refractivity contribution in [1.29, 1.82) is 0 Å². The van der Waals surface area contributed by atoms with Crippen molar-refractivity contribution >= 4 is 17.7 Å². The van der Waals surface area contributed by atoms with Gasteiger partial charge in [-0.2, -0.15) is 0 Å². The summed E-state index contributed by atoms with van der Waals surface area (Å²) in [6, 6.07) is 4.19. The molecule has 0 unspecified atom stereocenters. The predicted molar refractivity (Wildman–Crippen MR) is 77.2 cm³/mol. The molecule has 0 atom stereocenters. The smallest absolute Gasteiger partial charge is 0.321 e. The molecule has 2 nitrogen and oxygen atoms in total. The number of carbonyl (C=O) groups excluding carboxylic acids is 1. The second-order valence-corrected chi connectivity index (χ2v) is 6.63. The van der Waals surface area contributed by atoms with Crippen molar-refractivity contribution in [2.45, 2.75) is 51.2 Å². The third-order valence-electron chi connectivity index (χ3n) is 3.14. The SMILES string of the molecule is CCOC(=O)C(C)(C)Sc1ccc(C)c(C)c1C. The zero-order chi connectivity index (χ0) is 13.9. The molecule has 18 heavy (non-hydrogen) atoms. The Balaban J connectivity index is 2.97. The van der Waals surface area contributed by atoms with Gasteiger partial charge in [0.05, 0.1) is 6.61 Å². The molecule has 0 amide bonds. The summed E-state index contributed by atoms with van der Waals surface area (Å²) in [6.07, 6.45) is 0. The van der Waals surface area contributed by atoms with Gasteiger partial charge in [-0.05, 0) is 64.3 Å². The number of benzene rings is 1. The van der Waals surface area contributed by atoms with Crippen molar-refractivity contribution in [2.75, 3.05) is 6.61 Å². The highest BCUT2D eigenvalue weighted by molar-refractivity contribution is 8.01. The van der Waals surface area contributed by atoms with E-state index in [0.29, 0.717) is 6.61 Å². The van der Waals surface area contributed by atoms with Crippen LogP contribution in [0.2, 0.25) is 0 Å². The minimum absolute atomic E-state index is 0.160. The monoisotopic (exact) mass is 266 g/mol. The zero-order valence-corrected chi connectivity index (χ0v) is 12.9. The van der Waals surface area contributed by atoms with E-state index in [-0.39, 0.29) is 5.97 Å². The Morgan fingerprint density at radius 3 is 2.39 bits per heavy atom. The van der Waals surface area contributed by atoms with Gasteiger partial charge in [-0.15, -0.1) is 11.8 Å². The fourth-order valence-electron chi connectivity index (χ4n) is 1.66. The minimum Gasteiger partial charge on any atom is -0.465 e. The molecule has 0 radical (unpaired) electrons. The highest BCUT2D eigenvalue weighted by Gasteiger charge is 2.31. The van der Waals surface area contributed by atoms with E-state index in [0.717, 1.165) is 4.90 Å². The summed E-state index contributed by atoms with van der Waals surface area (Å²) in [4.78, 5) is 13.0. The number of aryl methyl sites for hydroxylation is 1. The molecule has 1 aromatic rings. The normalized spacial score (nSPS) is 11.4. The van der Waals surface area contributed by atoms with Gasteiger partial charge in [0.2, 0.25) is 0 Å². The largest absolute Gasteiger partial charge is 0.465 e. The van der Waals surface area contributed by atoms with E-state index in [1.165, 1.54) is 16.7 Å². The van der Waals surface area contributed by atoms with E-state index in [9.17, 15) is 4.79 Å². The number of hydrogen-bond acceptors (Lipinski definition) is 3. The van der Waals surface area contributed by atoms with Gasteiger partial charge < -0.3 is 4.74 Å². The summed E-state index contributed by atoms with van der Waals surface area (Å²) in [7, 11) is 0. The summed E-state index contributed by atoms with van der Waals surface area (Å²) in [5.41, 5.74) is 3.82. The molecule has 1 rings (SSSR count). The molecule has 0 aromatic heterocycles. The predicted octanol–water partition coefficient (Wildman–Crippen LogP) is 4.05. The first-order valence-electron chi connectivity index (χ1n) is 6.22. The molecule has 0 heterocycles. The van der Waals surface area contributed by atoms with E-state index in [4.69, 9.17) is 4.74 Å². The molecule has 0 bridgehead atoms. The molecule has 0 aliphatic carbocycles. The quantitative estimate of drug-likeness (QED) is 0.607. The molecular formula is C15H22O2S. The van der Waals surface area contributed by atoms with Crippen molar-refractivity contribution in [1.82, 2.24) is 0 Å². The Labute approximate surface area is 114 Å². The maximum atomic E-state index is 11.9. The number of rotatable bonds is 4. The Morgan fingerprint density at radius 2 is 1.83 bits per heavy atom. The third kappa shape index (κ3) is 3.29. The first-order chi connectivity index (χ1) is 8.29. The second-order valence-electron chi connectivity index (χ2n) is 4.96. The number of hydrogen-bond donors (Lipinski definition) is 0. The number of ether oxygens (including phenoxy) is 1. The first kappa shape index (κ1) is 15.1. The van der Waals surface area contributed by atoms with Crippen LogP contribution in [0.4, 0.5) is 0 Å². The van der Waals surface area contributed by atoms with Crippen LogP contribution in [0, 0.1) is 20.8 Å². The Kier molecular flexibility index (Phi) is 4.85. The zero-order valence-electron chi connectivity index (χ0n) is 12.1. The fourth-order valence-corrected chi connectivity index (χ4v) is 2.80. The Morgan fingerprint density at radius 1 is 1.22 bits per heavy atom. The molecule has 1 aromatic carbocycles. The lowest BCUT2D eigenvalue weighted by Crippen LogP contribution is -2.30. The molecule has 0 aliphatic rings. The topological polar surface area (TPSA) is 26.3 Å². The molecule has 100 valence electrons. The van der Waals surface area contributed by atoms with Crippen LogP contribution in [0.5, 0.6) is 0 Å². The lowest BCUT2D eigenvalue weighted by molar-refractivity contribution is -0.145. The summed E-state index contributed by atoms with van der Waals surface area (Å²) in [6.45, 7) is 12.4. The lowest BCUT2D eigenvalue weighted by atomic mass is 10.1. The average molecular weight is 266 g/mol. The van der Waals surface area contributed by atoms with Gasteiger partial charge >= 0.3 is 5.97 Å². The average Bonchev–Trinajstić information content (AvgIpc) is 2.30. The Hall–Kier alpha value is -0.960. The first-order valence-corrected chi connectivity index (χ1v) is 7.04. The molecule has 0 saturated carbocycles.